The van der Waals surface area contributed by atoms with E-state index >= 15 is 0 Å². The first-order chi connectivity index (χ1) is 15.2. The Balaban J connectivity index is 1.81. The summed E-state index contributed by atoms with van der Waals surface area (Å²) in [5, 5.41) is 2.50. The van der Waals surface area contributed by atoms with Gasteiger partial charge >= 0.3 is 0 Å². The Kier molecular flexibility index (Phi) is 8.26. The highest BCUT2D eigenvalue weighted by Gasteiger charge is 2.21. The van der Waals surface area contributed by atoms with Crippen molar-refractivity contribution in [1.82, 2.24) is 4.98 Å². The number of hydrogen-bond acceptors (Lipinski definition) is 7. The maximum Gasteiger partial charge on any atom is 0.266 e. The summed E-state index contributed by atoms with van der Waals surface area (Å²) in [6.45, 7) is 0.951. The van der Waals surface area contributed by atoms with Crippen molar-refractivity contribution in [3.63, 3.8) is 0 Å². The molecule has 0 fully saturated rings. The average molecular weight is 443 g/mol. The van der Waals surface area contributed by atoms with Crippen LogP contribution in [0.25, 0.3) is 11.3 Å². The predicted octanol–water partition coefficient (Wildman–Crippen LogP) is 4.28. The largest absolute Gasteiger partial charge is 0.497 e. The van der Waals surface area contributed by atoms with Crippen LogP contribution in [0.2, 0.25) is 0 Å². The molecular formula is C23H26N2O5S. The Morgan fingerprint density at radius 2 is 1.84 bits per heavy atom. The predicted molar refractivity (Wildman–Crippen MR) is 121 cm³/mol. The minimum Gasteiger partial charge on any atom is -0.497 e. The molecule has 0 saturated carbocycles. The van der Waals surface area contributed by atoms with Crippen LogP contribution >= 0.6 is 11.3 Å². The number of methoxy groups -OCH3 is 3. The molecule has 0 N–H and O–H groups in total. The van der Waals surface area contributed by atoms with Gasteiger partial charge in [0.25, 0.3) is 5.91 Å². The molecule has 0 radical (unpaired) electrons. The normalized spacial score (nSPS) is 10.5. The van der Waals surface area contributed by atoms with Crippen LogP contribution in [0.5, 0.6) is 17.2 Å². The van der Waals surface area contributed by atoms with Crippen LogP contribution in [0, 0.1) is 0 Å². The maximum atomic E-state index is 13.0. The van der Waals surface area contributed by atoms with E-state index in [1.807, 2.05) is 53.9 Å². The third-order valence-electron chi connectivity index (χ3n) is 4.54. The molecule has 0 unspecified atom stereocenters. The first kappa shape index (κ1) is 22.6. The lowest BCUT2D eigenvalue weighted by Crippen LogP contribution is -2.36. The number of anilines is 1. The van der Waals surface area contributed by atoms with E-state index < -0.39 is 0 Å². The van der Waals surface area contributed by atoms with Gasteiger partial charge < -0.3 is 18.9 Å². The number of carbonyl (C=O) groups excluding carboxylic acids is 1. The Morgan fingerprint density at radius 3 is 2.55 bits per heavy atom. The molecule has 7 nitrogen and oxygen atoms in total. The second kappa shape index (κ2) is 11.3. The second-order valence-corrected chi connectivity index (χ2v) is 7.41. The van der Waals surface area contributed by atoms with Crippen molar-refractivity contribution >= 4 is 22.4 Å². The van der Waals surface area contributed by atoms with Crippen LogP contribution in [-0.4, -0.2) is 52.0 Å². The van der Waals surface area contributed by atoms with Crippen LogP contribution in [0.15, 0.2) is 53.9 Å². The van der Waals surface area contributed by atoms with E-state index in [-0.39, 0.29) is 12.5 Å². The molecule has 0 spiro atoms. The highest BCUT2D eigenvalue weighted by atomic mass is 32.1. The number of para-hydroxylation sites is 1. The van der Waals surface area contributed by atoms with Crippen molar-refractivity contribution in [2.45, 2.75) is 6.42 Å². The average Bonchev–Trinajstić information content (AvgIpc) is 3.30. The molecule has 164 valence electrons. The van der Waals surface area contributed by atoms with Crippen molar-refractivity contribution in [2.75, 3.05) is 46.0 Å². The number of aromatic nitrogens is 1. The van der Waals surface area contributed by atoms with E-state index in [2.05, 4.69) is 0 Å². The van der Waals surface area contributed by atoms with Crippen molar-refractivity contribution in [3.8, 4) is 28.5 Å². The minimum atomic E-state index is -0.168. The number of benzene rings is 2. The zero-order valence-electron chi connectivity index (χ0n) is 17.9. The third kappa shape index (κ3) is 5.96. The highest BCUT2D eigenvalue weighted by Crippen LogP contribution is 2.36. The summed E-state index contributed by atoms with van der Waals surface area (Å²) in [5.74, 6) is 1.86. The van der Waals surface area contributed by atoms with Crippen molar-refractivity contribution < 1.29 is 23.7 Å². The summed E-state index contributed by atoms with van der Waals surface area (Å²) in [4.78, 5) is 19.3. The van der Waals surface area contributed by atoms with Crippen molar-refractivity contribution in [3.05, 3.63) is 53.9 Å². The number of rotatable bonds is 11. The number of nitrogens with zero attached hydrogens (tertiary/aromatic N) is 2. The monoisotopic (exact) mass is 442 g/mol. The lowest BCUT2D eigenvalue weighted by atomic mass is 10.1. The fraction of sp³-hybridized carbons (Fsp3) is 0.304. The zero-order chi connectivity index (χ0) is 22.1. The van der Waals surface area contributed by atoms with E-state index in [4.69, 9.17) is 23.9 Å². The van der Waals surface area contributed by atoms with E-state index in [1.54, 1.807) is 26.2 Å². The van der Waals surface area contributed by atoms with Gasteiger partial charge in [0.1, 0.15) is 17.2 Å². The Labute approximate surface area is 186 Å². The fourth-order valence-corrected chi connectivity index (χ4v) is 3.83. The first-order valence-electron chi connectivity index (χ1n) is 9.81. The number of amides is 1. The highest BCUT2D eigenvalue weighted by molar-refractivity contribution is 7.14. The van der Waals surface area contributed by atoms with Crippen LogP contribution in [-0.2, 0) is 9.53 Å². The topological polar surface area (TPSA) is 70.1 Å². The molecule has 8 heteroatoms. The van der Waals surface area contributed by atoms with Gasteiger partial charge in [0.15, 0.2) is 11.7 Å². The molecule has 31 heavy (non-hydrogen) atoms. The summed E-state index contributed by atoms with van der Waals surface area (Å²) >= 11 is 1.39. The Hall–Kier alpha value is -3.10. The van der Waals surface area contributed by atoms with Gasteiger partial charge in [-0.25, -0.2) is 4.98 Å². The van der Waals surface area contributed by atoms with E-state index in [0.29, 0.717) is 47.6 Å². The number of carbonyl (C=O) groups is 1. The van der Waals surface area contributed by atoms with Gasteiger partial charge in [-0.3, -0.25) is 9.69 Å². The third-order valence-corrected chi connectivity index (χ3v) is 5.41. The van der Waals surface area contributed by atoms with Crippen LogP contribution in [0.1, 0.15) is 6.42 Å². The molecule has 0 aliphatic heterocycles. The lowest BCUT2D eigenvalue weighted by molar-refractivity contribution is -0.120. The molecule has 0 aliphatic rings. The van der Waals surface area contributed by atoms with Crippen molar-refractivity contribution in [2.24, 2.45) is 0 Å². The molecule has 2 aromatic carbocycles. The molecular weight excluding hydrogens is 416 g/mol. The summed E-state index contributed by atoms with van der Waals surface area (Å²) in [6, 6.07) is 14.8. The summed E-state index contributed by atoms with van der Waals surface area (Å²) in [5.41, 5.74) is 1.51. The van der Waals surface area contributed by atoms with E-state index in [9.17, 15) is 4.79 Å². The summed E-state index contributed by atoms with van der Waals surface area (Å²) < 4.78 is 21.6. The molecule has 1 aromatic heterocycles. The number of ether oxygens (including phenoxy) is 4. The molecule has 0 aliphatic carbocycles. The van der Waals surface area contributed by atoms with Gasteiger partial charge in [0.2, 0.25) is 0 Å². The Bertz CT molecular complexity index is 977. The summed E-state index contributed by atoms with van der Waals surface area (Å²) in [6.07, 6.45) is 0.685. The van der Waals surface area contributed by atoms with Gasteiger partial charge in [-0.1, -0.05) is 18.2 Å². The van der Waals surface area contributed by atoms with Crippen LogP contribution in [0.4, 0.5) is 5.13 Å². The molecule has 3 rings (SSSR count). The standard InChI is InChI=1S/C23H26N2O5S/c1-27-13-7-12-25(22(26)15-30-17-8-5-4-6-9-17)23-24-20(16-31-23)19-14-18(28-2)10-11-21(19)29-3/h4-6,8-11,14,16H,7,12-13,15H2,1-3H3. The summed E-state index contributed by atoms with van der Waals surface area (Å²) in [7, 11) is 4.86. The quantitative estimate of drug-likeness (QED) is 0.413. The maximum absolute atomic E-state index is 13.0. The lowest BCUT2D eigenvalue weighted by Gasteiger charge is -2.20. The van der Waals surface area contributed by atoms with Crippen molar-refractivity contribution in [1.29, 1.82) is 0 Å². The Morgan fingerprint density at radius 1 is 1.03 bits per heavy atom. The SMILES string of the molecule is COCCCN(C(=O)COc1ccccc1)c1nc(-c2cc(OC)ccc2OC)cs1. The van der Waals surface area contributed by atoms with Crippen LogP contribution < -0.4 is 19.1 Å². The molecule has 1 heterocycles. The second-order valence-electron chi connectivity index (χ2n) is 6.57. The van der Waals surface area contributed by atoms with E-state index in [1.165, 1.54) is 11.3 Å². The van der Waals surface area contributed by atoms with Gasteiger partial charge in [-0.2, -0.15) is 0 Å². The minimum absolute atomic E-state index is 0.0750. The molecule has 0 bridgehead atoms. The molecule has 1 amide bonds. The number of thiazole rings is 1. The molecule has 0 saturated heterocycles. The van der Waals surface area contributed by atoms with Gasteiger partial charge in [-0.05, 0) is 36.8 Å². The van der Waals surface area contributed by atoms with Crippen LogP contribution in [0.3, 0.4) is 0 Å². The first-order valence-corrected chi connectivity index (χ1v) is 10.7. The molecule has 3 aromatic rings. The number of hydrogen-bond donors (Lipinski definition) is 0. The molecule has 0 atom stereocenters. The van der Waals surface area contributed by atoms with Gasteiger partial charge in [0.05, 0.1) is 19.9 Å². The van der Waals surface area contributed by atoms with Gasteiger partial charge in [-0.15, -0.1) is 11.3 Å². The smallest absolute Gasteiger partial charge is 0.266 e. The zero-order valence-corrected chi connectivity index (χ0v) is 18.7. The van der Waals surface area contributed by atoms with E-state index in [0.717, 1.165) is 5.56 Å². The van der Waals surface area contributed by atoms with Gasteiger partial charge in [0, 0.05) is 31.2 Å². The fourth-order valence-electron chi connectivity index (χ4n) is 2.96.